The lowest BCUT2D eigenvalue weighted by Crippen LogP contribution is -2.33. The average Bonchev–Trinajstić information content (AvgIpc) is 2.97. The zero-order chi connectivity index (χ0) is 28.5. The SMILES string of the molecule is N/C1=C(\NS)c2ccccc2N(C(=O)CCCC(=O)NCCc2ccc(OP(O)OS)cc2)Cc2ccccc21. The number of amides is 2. The molecule has 0 spiro atoms. The summed E-state index contributed by atoms with van der Waals surface area (Å²) >= 11 is 7.81. The van der Waals surface area contributed by atoms with Crippen LogP contribution in [0.1, 0.15) is 41.5 Å². The van der Waals surface area contributed by atoms with Crippen molar-refractivity contribution in [2.24, 2.45) is 5.73 Å². The Labute approximate surface area is 245 Å². The highest BCUT2D eigenvalue weighted by atomic mass is 32.1. The lowest BCUT2D eigenvalue weighted by molar-refractivity contribution is -0.121. The van der Waals surface area contributed by atoms with E-state index in [4.69, 9.17) is 10.3 Å². The third kappa shape index (κ3) is 7.50. The second-order valence-electron chi connectivity index (χ2n) is 9.06. The summed E-state index contributed by atoms with van der Waals surface area (Å²) in [6.07, 6.45) is 1.51. The fourth-order valence-corrected chi connectivity index (χ4v) is 5.19. The van der Waals surface area contributed by atoms with Gasteiger partial charge in [-0.25, -0.2) is 3.97 Å². The number of carbonyl (C=O) groups excluding carboxylic acids is 2. The normalized spacial score (nSPS) is 15.2. The van der Waals surface area contributed by atoms with E-state index in [-0.39, 0.29) is 24.7 Å². The molecule has 3 aromatic carbocycles. The van der Waals surface area contributed by atoms with E-state index in [1.165, 1.54) is 0 Å². The van der Waals surface area contributed by atoms with Crippen LogP contribution in [0.3, 0.4) is 0 Å². The average molecular weight is 599 g/mol. The Kier molecular flexibility index (Phi) is 10.7. The first-order valence-corrected chi connectivity index (χ1v) is 14.6. The second kappa shape index (κ2) is 14.4. The van der Waals surface area contributed by atoms with Gasteiger partial charge in [-0.05, 0) is 55.1 Å². The van der Waals surface area contributed by atoms with Crippen molar-refractivity contribution in [1.29, 1.82) is 0 Å². The van der Waals surface area contributed by atoms with Crippen molar-refractivity contribution in [3.8, 4) is 5.75 Å². The predicted molar refractivity (Wildman–Crippen MR) is 164 cm³/mol. The molecule has 1 atom stereocenters. The standard InChI is InChI=1S/C28H31N4O5PS2/c29-27-22-7-2-1-6-20(22)18-32(24-9-4-3-8-23(24)28(27)31-39)26(34)11-5-10-25(33)30-17-16-19-12-14-21(15-13-19)36-38(35)37-40/h1-4,6-9,12-15,31,35,39-40H,5,10-11,16-18,29H2,(H,30,33)/b28-27-. The minimum absolute atomic E-state index is 0.0776. The number of benzene rings is 3. The molecule has 1 unspecified atom stereocenters. The Bertz CT molecular complexity index is 1370. The number of anilines is 1. The molecule has 40 heavy (non-hydrogen) atoms. The largest absolute Gasteiger partial charge is 0.426 e. The minimum Gasteiger partial charge on any atom is -0.426 e. The number of thiol groups is 2. The van der Waals surface area contributed by atoms with Gasteiger partial charge in [-0.15, -0.1) is 0 Å². The topological polar surface area (TPSA) is 126 Å². The van der Waals surface area contributed by atoms with Gasteiger partial charge in [-0.1, -0.05) is 67.4 Å². The van der Waals surface area contributed by atoms with Gasteiger partial charge in [0, 0.05) is 30.5 Å². The number of hydrogen-bond acceptors (Lipinski definition) is 9. The van der Waals surface area contributed by atoms with Crippen molar-refractivity contribution in [3.63, 3.8) is 0 Å². The van der Waals surface area contributed by atoms with Crippen LogP contribution in [0, 0.1) is 0 Å². The Balaban J connectivity index is 1.33. The van der Waals surface area contributed by atoms with Crippen LogP contribution in [0.4, 0.5) is 5.69 Å². The number of hydrogen-bond donors (Lipinski definition) is 6. The van der Waals surface area contributed by atoms with Crippen molar-refractivity contribution in [2.75, 3.05) is 11.4 Å². The van der Waals surface area contributed by atoms with Gasteiger partial charge in [0.05, 0.1) is 23.6 Å². The maximum absolute atomic E-state index is 13.5. The van der Waals surface area contributed by atoms with Crippen LogP contribution in [0.5, 0.6) is 5.75 Å². The number of nitrogens with zero attached hydrogens (tertiary/aromatic N) is 1. The second-order valence-corrected chi connectivity index (χ2v) is 10.6. The first-order chi connectivity index (χ1) is 19.4. The molecule has 0 saturated carbocycles. The van der Waals surface area contributed by atoms with Crippen molar-refractivity contribution >= 4 is 63.2 Å². The quantitative estimate of drug-likeness (QED) is 0.107. The van der Waals surface area contributed by atoms with Gasteiger partial charge >= 0.3 is 8.60 Å². The molecule has 2 amide bonds. The highest BCUT2D eigenvalue weighted by Crippen LogP contribution is 2.36. The summed E-state index contributed by atoms with van der Waals surface area (Å²) in [5, 5.41) is 2.91. The fourth-order valence-electron chi connectivity index (χ4n) is 4.51. The monoisotopic (exact) mass is 598 g/mol. The molecule has 0 aliphatic carbocycles. The van der Waals surface area contributed by atoms with Crippen LogP contribution < -0.4 is 25.2 Å². The van der Waals surface area contributed by atoms with Crippen LogP contribution in [0.15, 0.2) is 72.8 Å². The van der Waals surface area contributed by atoms with E-state index >= 15 is 0 Å². The van der Waals surface area contributed by atoms with Gasteiger partial charge in [0.15, 0.2) is 0 Å². The Morgan fingerprint density at radius 1 is 1.00 bits per heavy atom. The van der Waals surface area contributed by atoms with E-state index in [2.05, 4.69) is 39.7 Å². The molecule has 1 aliphatic rings. The maximum atomic E-state index is 13.5. The van der Waals surface area contributed by atoms with Crippen LogP contribution in [0.2, 0.25) is 0 Å². The third-order valence-corrected chi connectivity index (χ3v) is 7.64. The summed E-state index contributed by atoms with van der Waals surface area (Å²) in [6.45, 7) is 0.827. The zero-order valence-corrected chi connectivity index (χ0v) is 24.3. The van der Waals surface area contributed by atoms with Gasteiger partial charge in [0.1, 0.15) is 5.75 Å². The van der Waals surface area contributed by atoms with Gasteiger partial charge in [0.2, 0.25) is 11.8 Å². The Hall–Kier alpha value is -3.21. The van der Waals surface area contributed by atoms with Crippen LogP contribution in [-0.2, 0) is 26.5 Å². The smallest absolute Gasteiger partial charge is 0.406 e. The number of rotatable bonds is 11. The highest BCUT2D eigenvalue weighted by molar-refractivity contribution is 7.79. The molecule has 0 saturated heterocycles. The summed E-state index contributed by atoms with van der Waals surface area (Å²) < 4.78 is 12.5. The summed E-state index contributed by atoms with van der Waals surface area (Å²) in [6, 6.07) is 22.4. The molecular formula is C28H31N4O5PS2. The lowest BCUT2D eigenvalue weighted by Gasteiger charge is -2.30. The molecular weight excluding hydrogens is 567 g/mol. The molecule has 210 valence electrons. The first kappa shape index (κ1) is 29.8. The number of para-hydroxylation sites is 1. The Morgan fingerprint density at radius 3 is 2.42 bits per heavy atom. The molecule has 3 aromatic rings. The molecule has 1 aliphatic heterocycles. The lowest BCUT2D eigenvalue weighted by atomic mass is 9.96. The molecule has 0 aromatic heterocycles. The molecule has 0 radical (unpaired) electrons. The molecule has 0 bridgehead atoms. The van der Waals surface area contributed by atoms with Crippen LogP contribution in [-0.4, -0.2) is 23.3 Å². The number of nitrogens with two attached hydrogens (primary N) is 1. The fraction of sp³-hybridized carbons (Fsp3) is 0.214. The zero-order valence-electron chi connectivity index (χ0n) is 21.6. The van der Waals surface area contributed by atoms with Crippen LogP contribution >= 0.6 is 34.3 Å². The summed E-state index contributed by atoms with van der Waals surface area (Å²) in [5.74, 6) is 0.273. The predicted octanol–water partition coefficient (Wildman–Crippen LogP) is 4.74. The summed E-state index contributed by atoms with van der Waals surface area (Å²) in [4.78, 5) is 37.0. The maximum Gasteiger partial charge on any atom is 0.406 e. The van der Waals surface area contributed by atoms with Gasteiger partial charge in [0.25, 0.3) is 0 Å². The molecule has 12 heteroatoms. The van der Waals surface area contributed by atoms with E-state index in [1.807, 2.05) is 60.7 Å². The number of fused-ring (bicyclic) bond motifs is 2. The third-order valence-electron chi connectivity index (χ3n) is 6.49. The summed E-state index contributed by atoms with van der Waals surface area (Å²) in [5.41, 5.74) is 12.0. The molecule has 1 heterocycles. The van der Waals surface area contributed by atoms with Gasteiger partial charge in [-0.3, -0.25) is 9.59 Å². The van der Waals surface area contributed by atoms with Crippen molar-refractivity contribution in [2.45, 2.75) is 32.2 Å². The van der Waals surface area contributed by atoms with Crippen LogP contribution in [0.25, 0.3) is 11.4 Å². The van der Waals surface area contributed by atoms with E-state index in [0.717, 1.165) is 27.9 Å². The molecule has 0 fully saturated rings. The van der Waals surface area contributed by atoms with Crippen molar-refractivity contribution in [1.82, 2.24) is 10.0 Å². The molecule has 4 rings (SSSR count). The Morgan fingerprint density at radius 2 is 1.70 bits per heavy atom. The molecule has 5 N–H and O–H groups in total. The minimum atomic E-state index is -2.06. The van der Waals surface area contributed by atoms with E-state index in [9.17, 15) is 14.5 Å². The summed E-state index contributed by atoms with van der Waals surface area (Å²) in [7, 11) is -2.06. The van der Waals surface area contributed by atoms with Crippen molar-refractivity contribution < 1.29 is 23.0 Å². The number of carbonyl (C=O) groups is 2. The first-order valence-electron chi connectivity index (χ1n) is 12.6. The molecule has 9 nitrogen and oxygen atoms in total. The number of nitrogens with one attached hydrogen (secondary N) is 2. The highest BCUT2D eigenvalue weighted by Gasteiger charge is 2.25. The van der Waals surface area contributed by atoms with E-state index in [0.29, 0.717) is 43.1 Å². The van der Waals surface area contributed by atoms with Gasteiger partial charge in [-0.2, -0.15) is 0 Å². The van der Waals surface area contributed by atoms with Gasteiger partial charge < -0.3 is 30.1 Å². The van der Waals surface area contributed by atoms with Crippen molar-refractivity contribution in [3.05, 3.63) is 95.1 Å². The van der Waals surface area contributed by atoms with E-state index in [1.54, 1.807) is 17.0 Å². The van der Waals surface area contributed by atoms with E-state index < -0.39 is 8.60 Å².